The Balaban J connectivity index is 1.67. The second kappa shape index (κ2) is 13.0. The lowest BCUT2D eigenvalue weighted by molar-refractivity contribution is -0.139. The largest absolute Gasteiger partial charge is 0.374 e. The molecular weight excluding hydrogens is 559 g/mol. The van der Waals surface area contributed by atoms with Crippen LogP contribution < -0.4 is 15.8 Å². The number of likely N-dealkylation sites (N-methyl/N-ethyl adjacent to an activating group) is 1. The van der Waals surface area contributed by atoms with Gasteiger partial charge in [0.25, 0.3) is 0 Å². The smallest absolute Gasteiger partial charge is 0.247 e. The highest BCUT2D eigenvalue weighted by Crippen LogP contribution is 2.45. The van der Waals surface area contributed by atoms with Crippen LogP contribution in [0.2, 0.25) is 0 Å². The van der Waals surface area contributed by atoms with Gasteiger partial charge < -0.3 is 20.7 Å². The van der Waals surface area contributed by atoms with Crippen molar-refractivity contribution in [3.63, 3.8) is 0 Å². The molecule has 0 radical (unpaired) electrons. The molecule has 0 saturated heterocycles. The highest BCUT2D eigenvalue weighted by atomic mass is 32.2. The van der Waals surface area contributed by atoms with Crippen LogP contribution in [0.15, 0.2) is 60.2 Å². The van der Waals surface area contributed by atoms with Crippen molar-refractivity contribution < 1.29 is 27.1 Å². The van der Waals surface area contributed by atoms with Crippen molar-refractivity contribution in [1.29, 1.82) is 0 Å². The zero-order valence-corrected chi connectivity index (χ0v) is 25.3. The molecule has 11 heteroatoms. The van der Waals surface area contributed by atoms with Crippen molar-refractivity contribution in [3.05, 3.63) is 77.1 Å². The molecule has 2 aromatic rings. The van der Waals surface area contributed by atoms with E-state index in [4.69, 9.17) is 10.5 Å². The number of sulfonamides is 1. The highest BCUT2D eigenvalue weighted by Gasteiger charge is 2.50. The maximum Gasteiger partial charge on any atom is 0.247 e. The van der Waals surface area contributed by atoms with Crippen molar-refractivity contribution >= 4 is 26.7 Å². The molecular formula is C31H41FN4O5S. The Morgan fingerprint density at radius 2 is 1.74 bits per heavy atom. The average Bonchev–Trinajstić information content (AvgIpc) is 3.16. The highest BCUT2D eigenvalue weighted by molar-refractivity contribution is 7.99. The summed E-state index contributed by atoms with van der Waals surface area (Å²) in [5, 5.41) is 2.75. The molecule has 228 valence electrons. The summed E-state index contributed by atoms with van der Waals surface area (Å²) in [6.07, 6.45) is 3.85. The van der Waals surface area contributed by atoms with E-state index < -0.39 is 44.8 Å². The van der Waals surface area contributed by atoms with Crippen molar-refractivity contribution in [2.45, 2.75) is 76.6 Å². The first kappa shape index (κ1) is 31.8. The van der Waals surface area contributed by atoms with E-state index in [-0.39, 0.29) is 31.2 Å². The van der Waals surface area contributed by atoms with Crippen LogP contribution in [-0.2, 0) is 31.0 Å². The number of hydrogen-bond donors (Lipinski definition) is 3. The van der Waals surface area contributed by atoms with Gasteiger partial charge in [-0.2, -0.15) is 0 Å². The molecule has 4 N–H and O–H groups in total. The van der Waals surface area contributed by atoms with Crippen LogP contribution >= 0.6 is 0 Å². The minimum atomic E-state index is -3.93. The Labute approximate surface area is 247 Å². The molecule has 1 saturated carbocycles. The molecule has 2 aromatic carbocycles. The Morgan fingerprint density at radius 1 is 1.10 bits per heavy atom. The summed E-state index contributed by atoms with van der Waals surface area (Å²) in [5.41, 5.74) is 5.81. The van der Waals surface area contributed by atoms with Crippen LogP contribution in [0.1, 0.15) is 64.0 Å². The van der Waals surface area contributed by atoms with Gasteiger partial charge in [-0.15, -0.1) is 0 Å². The molecule has 0 unspecified atom stereocenters. The van der Waals surface area contributed by atoms with E-state index in [1.165, 1.54) is 29.2 Å². The fourth-order valence-corrected chi connectivity index (χ4v) is 7.58. The Kier molecular flexibility index (Phi) is 9.87. The van der Waals surface area contributed by atoms with Crippen molar-refractivity contribution in [3.8, 4) is 0 Å². The van der Waals surface area contributed by atoms with Crippen LogP contribution in [0.4, 0.5) is 4.39 Å². The van der Waals surface area contributed by atoms with E-state index in [9.17, 15) is 22.4 Å². The number of nitrogens with one attached hydrogen (secondary N) is 2. The fourth-order valence-electron chi connectivity index (χ4n) is 5.61. The number of benzene rings is 2. The van der Waals surface area contributed by atoms with Gasteiger partial charge in [0.15, 0.2) is 0 Å². The average molecular weight is 601 g/mol. The van der Waals surface area contributed by atoms with E-state index in [1.807, 2.05) is 30.3 Å². The summed E-state index contributed by atoms with van der Waals surface area (Å²) in [6.45, 7) is 5.32. The first-order valence-electron chi connectivity index (χ1n) is 14.4. The van der Waals surface area contributed by atoms with Crippen molar-refractivity contribution in [1.82, 2.24) is 14.9 Å². The van der Waals surface area contributed by atoms with E-state index in [0.29, 0.717) is 24.0 Å². The molecule has 0 bridgehead atoms. The van der Waals surface area contributed by atoms with Gasteiger partial charge in [0, 0.05) is 13.1 Å². The third-order valence-electron chi connectivity index (χ3n) is 7.89. The number of carbonyl (C=O) groups is 2. The molecule has 1 aliphatic carbocycles. The minimum absolute atomic E-state index is 0.0192. The van der Waals surface area contributed by atoms with Crippen LogP contribution in [0, 0.1) is 5.82 Å². The normalized spacial score (nSPS) is 18.6. The standard InChI is InChI=1S/C31H41FN4O5S/c1-4-36(28(37)26(34-29(38)30(2,3)33)21-41-20-22-11-7-5-8-12-22)19-25-27(23-13-15-24(32)16-14-23)42(39,40)35-31(25)17-9-6-10-18-31/h5,7-8,11-16,26,35H,4,6,9-10,17-21,33H2,1-3H3,(H,34,38)/t26-/m1/s1. The number of nitrogens with two attached hydrogens (primary N) is 1. The predicted octanol–water partition coefficient (Wildman–Crippen LogP) is 3.46. The molecule has 1 aliphatic heterocycles. The van der Waals surface area contributed by atoms with Gasteiger partial charge in [-0.05, 0) is 62.4 Å². The second-order valence-electron chi connectivity index (χ2n) is 11.7. The number of rotatable bonds is 11. The van der Waals surface area contributed by atoms with Crippen molar-refractivity contribution in [2.24, 2.45) is 5.73 Å². The summed E-state index contributed by atoms with van der Waals surface area (Å²) in [6, 6.07) is 13.8. The van der Waals surface area contributed by atoms with Gasteiger partial charge >= 0.3 is 0 Å². The van der Waals surface area contributed by atoms with Gasteiger partial charge in [0.1, 0.15) is 11.9 Å². The molecule has 1 fully saturated rings. The van der Waals surface area contributed by atoms with E-state index in [2.05, 4.69) is 10.0 Å². The van der Waals surface area contributed by atoms with Gasteiger partial charge in [-0.3, -0.25) is 9.59 Å². The van der Waals surface area contributed by atoms with Gasteiger partial charge in [-0.1, -0.05) is 61.7 Å². The Hall–Kier alpha value is -3.12. The third kappa shape index (κ3) is 7.26. The first-order chi connectivity index (χ1) is 19.9. The van der Waals surface area contributed by atoms with Crippen LogP contribution in [0.25, 0.3) is 4.91 Å². The monoisotopic (exact) mass is 600 g/mol. The zero-order chi connectivity index (χ0) is 30.5. The summed E-state index contributed by atoms with van der Waals surface area (Å²) in [4.78, 5) is 28.5. The number of ether oxygens (including phenoxy) is 1. The second-order valence-corrected chi connectivity index (χ2v) is 13.3. The maximum absolute atomic E-state index is 14.0. The Bertz CT molecular complexity index is 1400. The lowest BCUT2D eigenvalue weighted by atomic mass is 9.76. The number of hydrogen-bond acceptors (Lipinski definition) is 6. The molecule has 9 nitrogen and oxygen atoms in total. The van der Waals surface area contributed by atoms with Gasteiger partial charge in [0.05, 0.1) is 29.2 Å². The summed E-state index contributed by atoms with van der Waals surface area (Å²) < 4.78 is 49.7. The third-order valence-corrected chi connectivity index (χ3v) is 9.57. The number of carbonyl (C=O) groups excluding carboxylic acids is 2. The molecule has 4 rings (SSSR count). The van der Waals surface area contributed by atoms with E-state index in [1.54, 1.807) is 20.8 Å². The van der Waals surface area contributed by atoms with Crippen LogP contribution in [-0.4, -0.2) is 61.9 Å². The molecule has 1 atom stereocenters. The van der Waals surface area contributed by atoms with Crippen molar-refractivity contribution in [2.75, 3.05) is 19.7 Å². The van der Waals surface area contributed by atoms with Crippen LogP contribution in [0.5, 0.6) is 0 Å². The molecule has 2 aliphatic rings. The number of halogens is 1. The lowest BCUT2D eigenvalue weighted by Crippen LogP contribution is -2.58. The lowest BCUT2D eigenvalue weighted by Gasteiger charge is -2.38. The van der Waals surface area contributed by atoms with Crippen LogP contribution in [0.3, 0.4) is 0 Å². The summed E-state index contributed by atoms with van der Waals surface area (Å²) in [7, 11) is -3.93. The molecule has 0 aromatic heterocycles. The molecule has 1 heterocycles. The SMILES string of the molecule is CCN(CC1=C(c2ccc(F)cc2)S(=O)(=O)NC12CCCCC2)C(=O)[C@@H](COCc1ccccc1)NC(=O)C(C)(C)N. The summed E-state index contributed by atoms with van der Waals surface area (Å²) in [5.74, 6) is -1.40. The molecule has 1 spiro atoms. The first-order valence-corrected chi connectivity index (χ1v) is 15.9. The molecule has 2 amide bonds. The Morgan fingerprint density at radius 3 is 2.33 bits per heavy atom. The molecule has 42 heavy (non-hydrogen) atoms. The predicted molar refractivity (Wildman–Crippen MR) is 160 cm³/mol. The number of nitrogens with zero attached hydrogens (tertiary/aromatic N) is 1. The zero-order valence-electron chi connectivity index (χ0n) is 24.5. The van der Waals surface area contributed by atoms with E-state index >= 15 is 0 Å². The number of amides is 2. The topological polar surface area (TPSA) is 131 Å². The quantitative estimate of drug-likeness (QED) is 0.362. The minimum Gasteiger partial charge on any atom is -0.374 e. The van der Waals surface area contributed by atoms with Gasteiger partial charge in [-0.25, -0.2) is 17.5 Å². The van der Waals surface area contributed by atoms with E-state index in [0.717, 1.165) is 24.8 Å². The summed E-state index contributed by atoms with van der Waals surface area (Å²) >= 11 is 0. The maximum atomic E-state index is 14.0. The van der Waals surface area contributed by atoms with Gasteiger partial charge in [0.2, 0.25) is 21.8 Å². The fraction of sp³-hybridized carbons (Fsp3) is 0.484.